The first kappa shape index (κ1) is 26.6. The Morgan fingerprint density at radius 1 is 1.17 bits per heavy atom. The van der Waals surface area contributed by atoms with Crippen LogP contribution in [0.4, 0.5) is 5.69 Å². The zero-order valence-electron chi connectivity index (χ0n) is 19.3. The summed E-state index contributed by atoms with van der Waals surface area (Å²) in [4.78, 5) is 7.43. The van der Waals surface area contributed by atoms with Crippen LogP contribution in [0.15, 0.2) is 17.1 Å². The fraction of sp³-hybridized carbons (Fsp3) is 0.682. The van der Waals surface area contributed by atoms with Crippen molar-refractivity contribution in [3.63, 3.8) is 0 Å². The molecule has 1 aliphatic heterocycles. The number of hydrogen-bond acceptors (Lipinski definition) is 5. The molecule has 0 aromatic heterocycles. The van der Waals surface area contributed by atoms with Crippen LogP contribution in [-0.4, -0.2) is 64.9 Å². The predicted molar refractivity (Wildman–Crippen MR) is 135 cm³/mol. The monoisotopic (exact) mass is 534 g/mol. The van der Waals surface area contributed by atoms with E-state index in [1.165, 1.54) is 25.9 Å². The third kappa shape index (κ3) is 8.02. The van der Waals surface area contributed by atoms with Crippen LogP contribution in [0.3, 0.4) is 0 Å². The lowest BCUT2D eigenvalue weighted by molar-refractivity contribution is 0.162. The van der Waals surface area contributed by atoms with E-state index in [9.17, 15) is 0 Å². The number of nitrogens with zero attached hydrogens (tertiary/aromatic N) is 2. The average molecular weight is 534 g/mol. The number of aliphatic imine (C=N–C) groups is 1. The van der Waals surface area contributed by atoms with Gasteiger partial charge in [0.2, 0.25) is 5.75 Å². The molecular weight excluding hydrogens is 495 g/mol. The lowest BCUT2D eigenvalue weighted by Gasteiger charge is -2.33. The van der Waals surface area contributed by atoms with Gasteiger partial charge in [0, 0.05) is 44.0 Å². The molecule has 1 atom stereocenters. The topological polar surface area (TPSA) is 67.4 Å². The van der Waals surface area contributed by atoms with E-state index in [-0.39, 0.29) is 24.0 Å². The van der Waals surface area contributed by atoms with Crippen molar-refractivity contribution < 1.29 is 14.2 Å². The molecule has 0 radical (unpaired) electrons. The summed E-state index contributed by atoms with van der Waals surface area (Å²) in [5.74, 6) is 3.87. The number of piperidine rings is 1. The van der Waals surface area contributed by atoms with Gasteiger partial charge in [0.05, 0.1) is 21.3 Å². The molecule has 0 bridgehead atoms. The van der Waals surface area contributed by atoms with Crippen LogP contribution in [0.25, 0.3) is 0 Å². The molecule has 7 nitrogen and oxygen atoms in total. The second-order valence-electron chi connectivity index (χ2n) is 7.92. The summed E-state index contributed by atoms with van der Waals surface area (Å²) in [6.45, 7) is 11.8. The van der Waals surface area contributed by atoms with Gasteiger partial charge >= 0.3 is 0 Å². The summed E-state index contributed by atoms with van der Waals surface area (Å²) in [6.07, 6.45) is 2.49. The van der Waals surface area contributed by atoms with Crippen molar-refractivity contribution >= 4 is 35.6 Å². The Morgan fingerprint density at radius 2 is 1.83 bits per heavy atom. The molecule has 0 spiro atoms. The van der Waals surface area contributed by atoms with Crippen molar-refractivity contribution in [2.75, 3.05) is 59.4 Å². The van der Waals surface area contributed by atoms with Gasteiger partial charge in [0.1, 0.15) is 0 Å². The molecule has 1 heterocycles. The summed E-state index contributed by atoms with van der Waals surface area (Å²) in [6, 6.07) is 3.78. The molecular formula is C22H39IN4O3. The van der Waals surface area contributed by atoms with Crippen LogP contribution >= 0.6 is 24.0 Å². The second-order valence-corrected chi connectivity index (χ2v) is 7.92. The Kier molecular flexibility index (Phi) is 12.2. The molecule has 0 amide bonds. The van der Waals surface area contributed by atoms with Crippen LogP contribution in [0.1, 0.15) is 33.6 Å². The highest BCUT2D eigenvalue weighted by Gasteiger charge is 2.20. The van der Waals surface area contributed by atoms with Crippen molar-refractivity contribution in [1.82, 2.24) is 10.2 Å². The predicted octanol–water partition coefficient (Wildman–Crippen LogP) is 4.08. The molecule has 30 heavy (non-hydrogen) atoms. The van der Waals surface area contributed by atoms with Crippen LogP contribution in [-0.2, 0) is 0 Å². The molecule has 2 rings (SSSR count). The lowest BCUT2D eigenvalue weighted by Crippen LogP contribution is -2.39. The molecule has 1 saturated heterocycles. The maximum Gasteiger partial charge on any atom is 0.203 e. The van der Waals surface area contributed by atoms with Gasteiger partial charge in [-0.3, -0.25) is 4.99 Å². The summed E-state index contributed by atoms with van der Waals surface area (Å²) in [7, 11) is 4.84. The van der Waals surface area contributed by atoms with Gasteiger partial charge in [0.25, 0.3) is 0 Å². The van der Waals surface area contributed by atoms with Crippen LogP contribution in [0.2, 0.25) is 0 Å². The highest BCUT2D eigenvalue weighted by Crippen LogP contribution is 2.39. The molecule has 1 unspecified atom stereocenters. The van der Waals surface area contributed by atoms with Gasteiger partial charge in [-0.1, -0.05) is 13.8 Å². The van der Waals surface area contributed by atoms with E-state index in [1.807, 2.05) is 12.1 Å². The quantitative estimate of drug-likeness (QED) is 0.283. The van der Waals surface area contributed by atoms with E-state index < -0.39 is 0 Å². The Bertz CT molecular complexity index is 645. The van der Waals surface area contributed by atoms with Gasteiger partial charge in [-0.15, -0.1) is 24.0 Å². The van der Waals surface area contributed by atoms with Crippen molar-refractivity contribution in [2.45, 2.75) is 33.6 Å². The highest BCUT2D eigenvalue weighted by atomic mass is 127. The number of methoxy groups -OCH3 is 3. The summed E-state index contributed by atoms with van der Waals surface area (Å²) in [5.41, 5.74) is 0.837. The van der Waals surface area contributed by atoms with Crippen molar-refractivity contribution in [2.24, 2.45) is 16.8 Å². The van der Waals surface area contributed by atoms with Crippen LogP contribution in [0.5, 0.6) is 17.2 Å². The maximum absolute atomic E-state index is 5.45. The third-order valence-electron chi connectivity index (χ3n) is 5.01. The van der Waals surface area contributed by atoms with Gasteiger partial charge < -0.3 is 29.7 Å². The fourth-order valence-electron chi connectivity index (χ4n) is 3.80. The molecule has 1 aromatic rings. The molecule has 8 heteroatoms. The minimum atomic E-state index is 0. The largest absolute Gasteiger partial charge is 0.493 e. The smallest absolute Gasteiger partial charge is 0.203 e. The minimum absolute atomic E-state index is 0. The molecule has 1 fully saturated rings. The first-order chi connectivity index (χ1) is 14.0. The minimum Gasteiger partial charge on any atom is -0.493 e. The van der Waals surface area contributed by atoms with Crippen molar-refractivity contribution in [3.05, 3.63) is 12.1 Å². The number of guanidine groups is 1. The van der Waals surface area contributed by atoms with E-state index in [0.29, 0.717) is 29.1 Å². The van der Waals surface area contributed by atoms with Gasteiger partial charge in [-0.05, 0) is 38.1 Å². The molecule has 2 N–H and O–H groups in total. The lowest BCUT2D eigenvalue weighted by atomic mass is 9.97. The number of rotatable bonds is 9. The molecule has 172 valence electrons. The first-order valence-electron chi connectivity index (χ1n) is 10.6. The Labute approximate surface area is 199 Å². The van der Waals surface area contributed by atoms with E-state index in [1.54, 1.807) is 21.3 Å². The fourth-order valence-corrected chi connectivity index (χ4v) is 3.80. The normalized spacial score (nSPS) is 17.3. The molecule has 1 aliphatic rings. The van der Waals surface area contributed by atoms with Gasteiger partial charge in [-0.2, -0.15) is 0 Å². The molecule has 1 aromatic carbocycles. The number of halogens is 1. The number of hydrogen-bond donors (Lipinski definition) is 2. The average Bonchev–Trinajstić information content (AvgIpc) is 2.71. The van der Waals surface area contributed by atoms with E-state index >= 15 is 0 Å². The summed E-state index contributed by atoms with van der Waals surface area (Å²) >= 11 is 0. The highest BCUT2D eigenvalue weighted by molar-refractivity contribution is 14.0. The van der Waals surface area contributed by atoms with Gasteiger partial charge in [0.15, 0.2) is 17.5 Å². The standard InChI is InChI=1S/C22H38N4O3.HI/c1-7-23-22(24-13-17-9-8-10-26(15-17)14-16(2)3)25-18-11-19(27-4)21(29-6)20(12-18)28-5;/h11-12,16-17H,7-10,13-15H2,1-6H3,(H2,23,24,25);1H. The second kappa shape index (κ2) is 13.8. The molecule has 0 saturated carbocycles. The van der Waals surface area contributed by atoms with E-state index in [2.05, 4.69) is 36.3 Å². The van der Waals surface area contributed by atoms with Crippen LogP contribution < -0.4 is 24.8 Å². The summed E-state index contributed by atoms with van der Waals surface area (Å²) < 4.78 is 16.3. The Hall–Kier alpha value is -1.42. The Balaban J connectivity index is 0.00000450. The van der Waals surface area contributed by atoms with E-state index in [0.717, 1.165) is 31.3 Å². The van der Waals surface area contributed by atoms with Crippen molar-refractivity contribution in [1.29, 1.82) is 0 Å². The Morgan fingerprint density at radius 3 is 2.37 bits per heavy atom. The zero-order chi connectivity index (χ0) is 21.2. The van der Waals surface area contributed by atoms with Crippen LogP contribution in [0, 0.1) is 11.8 Å². The number of benzene rings is 1. The zero-order valence-corrected chi connectivity index (χ0v) is 21.6. The SMILES string of the molecule is CCNC(=NCC1CCCN(CC(C)C)C1)Nc1cc(OC)c(OC)c(OC)c1.I. The van der Waals surface area contributed by atoms with E-state index in [4.69, 9.17) is 19.2 Å². The summed E-state index contributed by atoms with van der Waals surface area (Å²) in [5, 5.41) is 6.70. The number of nitrogens with one attached hydrogen (secondary N) is 2. The third-order valence-corrected chi connectivity index (χ3v) is 5.01. The number of likely N-dealkylation sites (tertiary alicyclic amines) is 1. The molecule has 0 aliphatic carbocycles. The first-order valence-corrected chi connectivity index (χ1v) is 10.6. The van der Waals surface area contributed by atoms with Gasteiger partial charge in [-0.25, -0.2) is 0 Å². The maximum atomic E-state index is 5.45. The number of ether oxygens (including phenoxy) is 3. The van der Waals surface area contributed by atoms with Crippen molar-refractivity contribution in [3.8, 4) is 17.2 Å². The number of anilines is 1.